The number of rotatable bonds is 3. The highest BCUT2D eigenvalue weighted by molar-refractivity contribution is 7.98. The maximum absolute atomic E-state index is 12.4. The van der Waals surface area contributed by atoms with Crippen LogP contribution in [0.4, 0.5) is 10.5 Å². The summed E-state index contributed by atoms with van der Waals surface area (Å²) < 4.78 is 0. The zero-order chi connectivity index (χ0) is 15.4. The molecule has 2 rings (SSSR count). The molecule has 2 atom stereocenters. The van der Waals surface area contributed by atoms with Gasteiger partial charge in [0.05, 0.1) is 5.69 Å². The number of likely N-dealkylation sites (tertiary alicyclic amines) is 1. The summed E-state index contributed by atoms with van der Waals surface area (Å²) in [6.07, 6.45) is 3.28. The van der Waals surface area contributed by atoms with Crippen LogP contribution in [-0.2, 0) is 4.79 Å². The highest BCUT2D eigenvalue weighted by Crippen LogP contribution is 2.27. The average Bonchev–Trinajstić information content (AvgIpc) is 2.47. The number of carboxylic acid groups (broad SMARTS) is 1. The van der Waals surface area contributed by atoms with E-state index in [-0.39, 0.29) is 6.03 Å². The average molecular weight is 308 g/mol. The molecule has 0 aliphatic carbocycles. The minimum Gasteiger partial charge on any atom is -0.480 e. The Bertz CT molecular complexity index is 535. The normalized spacial score (nSPS) is 21.9. The molecular weight excluding hydrogens is 288 g/mol. The van der Waals surface area contributed by atoms with Gasteiger partial charge < -0.3 is 15.3 Å². The highest BCUT2D eigenvalue weighted by Gasteiger charge is 2.34. The standard InChI is InChI=1S/C15H20N2O3S/c1-10-7-8-17(12(9-10)14(18)19)15(20)16-11-5-3-4-6-13(11)21-2/h3-6,10,12H,7-9H2,1-2H3,(H,16,20)(H,18,19). The van der Waals surface area contributed by atoms with Gasteiger partial charge in [-0.15, -0.1) is 11.8 Å². The van der Waals surface area contributed by atoms with Crippen LogP contribution in [0.3, 0.4) is 0 Å². The van der Waals surface area contributed by atoms with E-state index in [0.717, 1.165) is 17.0 Å². The third-order valence-electron chi connectivity index (χ3n) is 3.76. The van der Waals surface area contributed by atoms with Gasteiger partial charge in [0.25, 0.3) is 0 Å². The van der Waals surface area contributed by atoms with Crippen molar-refractivity contribution in [2.75, 3.05) is 18.1 Å². The molecule has 1 aromatic rings. The lowest BCUT2D eigenvalue weighted by Gasteiger charge is -2.36. The molecular formula is C15H20N2O3S. The molecule has 1 saturated heterocycles. The van der Waals surface area contributed by atoms with Gasteiger partial charge in [-0.25, -0.2) is 9.59 Å². The van der Waals surface area contributed by atoms with Gasteiger partial charge >= 0.3 is 12.0 Å². The van der Waals surface area contributed by atoms with E-state index in [0.29, 0.717) is 18.9 Å². The monoisotopic (exact) mass is 308 g/mol. The number of urea groups is 1. The molecule has 1 heterocycles. The van der Waals surface area contributed by atoms with Crippen molar-refractivity contribution >= 4 is 29.4 Å². The lowest BCUT2D eigenvalue weighted by Crippen LogP contribution is -2.51. The number of nitrogens with one attached hydrogen (secondary N) is 1. The van der Waals surface area contributed by atoms with Crippen molar-refractivity contribution in [2.24, 2.45) is 5.92 Å². The Hall–Kier alpha value is -1.69. The van der Waals surface area contributed by atoms with Crippen molar-refractivity contribution in [1.82, 2.24) is 4.90 Å². The predicted molar refractivity (Wildman–Crippen MR) is 83.8 cm³/mol. The largest absolute Gasteiger partial charge is 0.480 e. The molecule has 1 aromatic carbocycles. The van der Waals surface area contributed by atoms with Crippen molar-refractivity contribution in [3.8, 4) is 0 Å². The van der Waals surface area contributed by atoms with Gasteiger partial charge in [-0.2, -0.15) is 0 Å². The van der Waals surface area contributed by atoms with Crippen LogP contribution in [0.25, 0.3) is 0 Å². The SMILES string of the molecule is CSc1ccccc1NC(=O)N1CCC(C)CC1C(=O)O. The Labute approximate surface area is 128 Å². The number of hydrogen-bond donors (Lipinski definition) is 2. The number of thioether (sulfide) groups is 1. The summed E-state index contributed by atoms with van der Waals surface area (Å²) in [5.41, 5.74) is 0.720. The molecule has 21 heavy (non-hydrogen) atoms. The quantitative estimate of drug-likeness (QED) is 0.842. The Balaban J connectivity index is 2.13. The summed E-state index contributed by atoms with van der Waals surface area (Å²) in [4.78, 5) is 26.2. The van der Waals surface area contributed by atoms with Gasteiger partial charge in [-0.05, 0) is 37.1 Å². The number of amides is 2. The molecule has 0 spiro atoms. The number of benzene rings is 1. The summed E-state index contributed by atoms with van der Waals surface area (Å²) in [5.74, 6) is -0.608. The fourth-order valence-electron chi connectivity index (χ4n) is 2.55. The van der Waals surface area contributed by atoms with Crippen LogP contribution >= 0.6 is 11.8 Å². The summed E-state index contributed by atoms with van der Waals surface area (Å²) in [5, 5.41) is 12.2. The van der Waals surface area contributed by atoms with Gasteiger partial charge in [0.1, 0.15) is 6.04 Å². The predicted octanol–water partition coefficient (Wildman–Crippen LogP) is 3.13. The van der Waals surface area contributed by atoms with Crippen molar-refractivity contribution in [1.29, 1.82) is 0 Å². The third kappa shape index (κ3) is 3.69. The zero-order valence-electron chi connectivity index (χ0n) is 12.2. The van der Waals surface area contributed by atoms with Gasteiger partial charge in [-0.1, -0.05) is 19.1 Å². The summed E-state index contributed by atoms with van der Waals surface area (Å²) in [6, 6.07) is 6.43. The van der Waals surface area contributed by atoms with Crippen LogP contribution in [0.1, 0.15) is 19.8 Å². The second kappa shape index (κ2) is 6.85. The van der Waals surface area contributed by atoms with E-state index in [9.17, 15) is 14.7 Å². The lowest BCUT2D eigenvalue weighted by atomic mass is 9.93. The molecule has 2 amide bonds. The van der Waals surface area contributed by atoms with Crippen molar-refractivity contribution < 1.29 is 14.7 Å². The van der Waals surface area contributed by atoms with Crippen LogP contribution in [0, 0.1) is 5.92 Å². The molecule has 0 aromatic heterocycles. The highest BCUT2D eigenvalue weighted by atomic mass is 32.2. The molecule has 5 nitrogen and oxygen atoms in total. The second-order valence-electron chi connectivity index (χ2n) is 5.31. The van der Waals surface area contributed by atoms with Crippen molar-refractivity contribution in [3.05, 3.63) is 24.3 Å². The first-order valence-electron chi connectivity index (χ1n) is 6.96. The number of carbonyl (C=O) groups is 2. The first-order chi connectivity index (χ1) is 10.0. The molecule has 2 unspecified atom stereocenters. The Kier molecular flexibility index (Phi) is 5.12. The van der Waals surface area contributed by atoms with Crippen LogP contribution < -0.4 is 5.32 Å². The van der Waals surface area contributed by atoms with Gasteiger partial charge in [0.15, 0.2) is 0 Å². The molecule has 1 aliphatic heterocycles. The number of hydrogen-bond acceptors (Lipinski definition) is 3. The van der Waals surface area contributed by atoms with E-state index in [1.54, 1.807) is 11.8 Å². The van der Waals surface area contributed by atoms with Gasteiger partial charge in [0.2, 0.25) is 0 Å². The summed E-state index contributed by atoms with van der Waals surface area (Å²) in [7, 11) is 0. The van der Waals surface area contributed by atoms with Crippen LogP contribution in [0.5, 0.6) is 0 Å². The minimum absolute atomic E-state index is 0.327. The number of carbonyl (C=O) groups excluding carboxylic acids is 1. The third-order valence-corrected chi connectivity index (χ3v) is 4.55. The fraction of sp³-hybridized carbons (Fsp3) is 0.467. The van der Waals surface area contributed by atoms with Crippen LogP contribution in [0.15, 0.2) is 29.2 Å². The number of carboxylic acids is 1. The summed E-state index contributed by atoms with van der Waals surface area (Å²) in [6.45, 7) is 2.50. The van der Waals surface area contributed by atoms with Crippen LogP contribution in [0.2, 0.25) is 0 Å². The van der Waals surface area contributed by atoms with E-state index >= 15 is 0 Å². The Morgan fingerprint density at radius 2 is 2.10 bits per heavy atom. The molecule has 6 heteroatoms. The molecule has 0 bridgehead atoms. The molecule has 0 saturated carbocycles. The molecule has 1 fully saturated rings. The molecule has 2 N–H and O–H groups in total. The van der Waals surface area contributed by atoms with E-state index in [2.05, 4.69) is 5.32 Å². The maximum Gasteiger partial charge on any atom is 0.326 e. The van der Waals surface area contributed by atoms with E-state index in [1.165, 1.54) is 4.90 Å². The lowest BCUT2D eigenvalue weighted by molar-refractivity contribution is -0.143. The van der Waals surface area contributed by atoms with Crippen molar-refractivity contribution in [2.45, 2.75) is 30.7 Å². The molecule has 114 valence electrons. The Morgan fingerprint density at radius 3 is 2.76 bits per heavy atom. The zero-order valence-corrected chi connectivity index (χ0v) is 13.0. The minimum atomic E-state index is -0.935. The van der Waals surface area contributed by atoms with E-state index in [1.807, 2.05) is 37.4 Å². The number of piperidine rings is 1. The van der Waals surface area contributed by atoms with Crippen molar-refractivity contribution in [3.63, 3.8) is 0 Å². The number of nitrogens with zero attached hydrogens (tertiary/aromatic N) is 1. The summed E-state index contributed by atoms with van der Waals surface area (Å²) >= 11 is 1.54. The second-order valence-corrected chi connectivity index (χ2v) is 6.16. The molecule has 0 radical (unpaired) electrons. The fourth-order valence-corrected chi connectivity index (χ4v) is 3.11. The number of anilines is 1. The first kappa shape index (κ1) is 15.7. The van der Waals surface area contributed by atoms with Crippen LogP contribution in [-0.4, -0.2) is 40.8 Å². The maximum atomic E-state index is 12.4. The van der Waals surface area contributed by atoms with E-state index < -0.39 is 12.0 Å². The topological polar surface area (TPSA) is 69.6 Å². The van der Waals surface area contributed by atoms with Gasteiger partial charge in [0, 0.05) is 11.4 Å². The molecule has 1 aliphatic rings. The Morgan fingerprint density at radius 1 is 1.38 bits per heavy atom. The first-order valence-corrected chi connectivity index (χ1v) is 8.19. The number of para-hydroxylation sites is 1. The smallest absolute Gasteiger partial charge is 0.326 e. The van der Waals surface area contributed by atoms with E-state index in [4.69, 9.17) is 0 Å². The van der Waals surface area contributed by atoms with Gasteiger partial charge in [-0.3, -0.25) is 0 Å². The number of aliphatic carboxylic acids is 1.